The van der Waals surface area contributed by atoms with Gasteiger partial charge in [-0.25, -0.2) is 4.39 Å². The molecule has 1 unspecified atom stereocenters. The minimum atomic E-state index is -0.286. The molecule has 26 heavy (non-hydrogen) atoms. The standard InChI is InChI=1S/C21H26FNO2S/c1-3-24-14-7-4-8-15-25-19-12-9-11-18(21(19)22)23-16(2)26-20-13-6-5-10-17(20)23/h5-6,9-13,16H,3-4,7-8,14-15H2,1-2H3. The number of hydrogen-bond acceptors (Lipinski definition) is 4. The zero-order chi connectivity index (χ0) is 18.4. The van der Waals surface area contributed by atoms with Crippen molar-refractivity contribution in [2.24, 2.45) is 0 Å². The fraction of sp³-hybridized carbons (Fsp3) is 0.429. The monoisotopic (exact) mass is 375 g/mol. The molecular weight excluding hydrogens is 349 g/mol. The summed E-state index contributed by atoms with van der Waals surface area (Å²) in [7, 11) is 0. The Labute approximate surface area is 159 Å². The van der Waals surface area contributed by atoms with Crippen LogP contribution in [0.3, 0.4) is 0 Å². The Kier molecular flexibility index (Phi) is 6.80. The fourth-order valence-corrected chi connectivity index (χ4v) is 4.26. The number of para-hydroxylation sites is 1. The molecule has 0 bridgehead atoms. The van der Waals surface area contributed by atoms with Gasteiger partial charge in [-0.3, -0.25) is 0 Å². The maximum absolute atomic E-state index is 15.1. The van der Waals surface area contributed by atoms with Crippen LogP contribution in [0.5, 0.6) is 5.75 Å². The van der Waals surface area contributed by atoms with E-state index in [9.17, 15) is 0 Å². The molecule has 2 aromatic carbocycles. The summed E-state index contributed by atoms with van der Waals surface area (Å²) in [4.78, 5) is 3.23. The zero-order valence-corrected chi connectivity index (χ0v) is 16.2. The number of fused-ring (bicyclic) bond motifs is 1. The summed E-state index contributed by atoms with van der Waals surface area (Å²) >= 11 is 1.75. The number of nitrogens with zero attached hydrogens (tertiary/aromatic N) is 1. The van der Waals surface area contributed by atoms with Crippen LogP contribution in [0.15, 0.2) is 47.4 Å². The van der Waals surface area contributed by atoms with Gasteiger partial charge in [-0.1, -0.05) is 30.0 Å². The highest BCUT2D eigenvalue weighted by Gasteiger charge is 2.30. The van der Waals surface area contributed by atoms with Crippen molar-refractivity contribution in [3.05, 3.63) is 48.3 Å². The highest BCUT2D eigenvalue weighted by atomic mass is 32.2. The first kappa shape index (κ1) is 19.1. The van der Waals surface area contributed by atoms with Gasteiger partial charge in [-0.2, -0.15) is 0 Å². The van der Waals surface area contributed by atoms with Crippen LogP contribution in [-0.4, -0.2) is 25.2 Å². The van der Waals surface area contributed by atoms with E-state index in [1.807, 2.05) is 42.2 Å². The molecule has 3 rings (SSSR count). The van der Waals surface area contributed by atoms with Gasteiger partial charge in [-0.05, 0) is 57.4 Å². The molecule has 0 saturated heterocycles. The van der Waals surface area contributed by atoms with Gasteiger partial charge in [0.15, 0.2) is 11.6 Å². The predicted octanol–water partition coefficient (Wildman–Crippen LogP) is 6.00. The summed E-state index contributed by atoms with van der Waals surface area (Å²) in [6.07, 6.45) is 2.93. The molecule has 0 amide bonds. The van der Waals surface area contributed by atoms with Gasteiger partial charge in [0.25, 0.3) is 0 Å². The van der Waals surface area contributed by atoms with Crippen molar-refractivity contribution in [3.8, 4) is 5.75 Å². The molecule has 0 saturated carbocycles. The third kappa shape index (κ3) is 4.33. The molecule has 5 heteroatoms. The number of anilines is 2. The van der Waals surface area contributed by atoms with E-state index in [1.165, 1.54) is 4.90 Å². The predicted molar refractivity (Wildman–Crippen MR) is 106 cm³/mol. The minimum Gasteiger partial charge on any atom is -0.490 e. The van der Waals surface area contributed by atoms with Crippen LogP contribution in [0.4, 0.5) is 15.8 Å². The summed E-state index contributed by atoms with van der Waals surface area (Å²) in [5, 5.41) is 0.149. The lowest BCUT2D eigenvalue weighted by atomic mass is 10.2. The van der Waals surface area contributed by atoms with Crippen LogP contribution in [0, 0.1) is 5.82 Å². The van der Waals surface area contributed by atoms with Crippen LogP contribution < -0.4 is 9.64 Å². The third-order valence-electron chi connectivity index (χ3n) is 4.38. The first-order valence-corrected chi connectivity index (χ1v) is 10.1. The molecule has 0 aromatic heterocycles. The second-order valence-corrected chi connectivity index (χ2v) is 7.61. The molecule has 3 nitrogen and oxygen atoms in total. The lowest BCUT2D eigenvalue weighted by molar-refractivity contribution is 0.141. The van der Waals surface area contributed by atoms with Gasteiger partial charge in [0.1, 0.15) is 0 Å². The Morgan fingerprint density at radius 1 is 1.00 bits per heavy atom. The van der Waals surface area contributed by atoms with Crippen LogP contribution in [0.2, 0.25) is 0 Å². The number of ether oxygens (including phenoxy) is 2. The van der Waals surface area contributed by atoms with Crippen LogP contribution in [0.25, 0.3) is 0 Å². The molecule has 0 N–H and O–H groups in total. The van der Waals surface area contributed by atoms with Crippen molar-refractivity contribution in [2.75, 3.05) is 24.7 Å². The van der Waals surface area contributed by atoms with Crippen molar-refractivity contribution in [3.63, 3.8) is 0 Å². The largest absolute Gasteiger partial charge is 0.490 e. The Morgan fingerprint density at radius 2 is 1.77 bits per heavy atom. The summed E-state index contributed by atoms with van der Waals surface area (Å²) in [5.74, 6) is 0.0415. The van der Waals surface area contributed by atoms with E-state index in [-0.39, 0.29) is 11.2 Å². The molecule has 1 atom stereocenters. The Hall–Kier alpha value is -1.72. The molecule has 140 valence electrons. The van der Waals surface area contributed by atoms with Gasteiger partial charge >= 0.3 is 0 Å². The van der Waals surface area contributed by atoms with Crippen molar-refractivity contribution in [1.29, 1.82) is 0 Å². The normalized spacial score (nSPS) is 16.0. The maximum Gasteiger partial charge on any atom is 0.188 e. The first-order valence-electron chi connectivity index (χ1n) is 9.26. The zero-order valence-electron chi connectivity index (χ0n) is 15.4. The van der Waals surface area contributed by atoms with Gasteiger partial charge in [-0.15, -0.1) is 0 Å². The first-order chi connectivity index (χ1) is 12.7. The lowest BCUT2D eigenvalue weighted by Gasteiger charge is -2.25. The van der Waals surface area contributed by atoms with Crippen molar-refractivity contribution in [1.82, 2.24) is 0 Å². The maximum atomic E-state index is 15.1. The Morgan fingerprint density at radius 3 is 2.62 bits per heavy atom. The van der Waals surface area contributed by atoms with Crippen LogP contribution >= 0.6 is 11.8 Å². The van der Waals surface area contributed by atoms with Crippen molar-refractivity contribution >= 4 is 23.1 Å². The van der Waals surface area contributed by atoms with E-state index < -0.39 is 0 Å². The van der Waals surface area contributed by atoms with E-state index in [2.05, 4.69) is 13.0 Å². The molecule has 2 aromatic rings. The molecule has 0 radical (unpaired) electrons. The second kappa shape index (κ2) is 9.28. The number of unbranched alkanes of at least 4 members (excludes halogenated alkanes) is 2. The quantitative estimate of drug-likeness (QED) is 0.501. The number of rotatable bonds is 9. The Balaban J connectivity index is 1.65. The SMILES string of the molecule is CCOCCCCCOc1cccc(N2c3ccccc3SC2C)c1F. The molecule has 1 aliphatic rings. The van der Waals surface area contributed by atoms with Gasteiger partial charge in [0, 0.05) is 18.1 Å². The Bertz CT molecular complexity index is 725. The number of benzene rings is 2. The molecule has 1 heterocycles. The minimum absolute atomic E-state index is 0.149. The van der Waals surface area contributed by atoms with Crippen LogP contribution in [-0.2, 0) is 4.74 Å². The van der Waals surface area contributed by atoms with E-state index in [4.69, 9.17) is 9.47 Å². The number of halogens is 1. The van der Waals surface area contributed by atoms with Crippen LogP contribution in [0.1, 0.15) is 33.1 Å². The molecule has 0 aliphatic carbocycles. The number of hydrogen-bond donors (Lipinski definition) is 0. The van der Waals surface area contributed by atoms with Gasteiger partial charge in [0.2, 0.25) is 0 Å². The second-order valence-electron chi connectivity index (χ2n) is 6.25. The highest BCUT2D eigenvalue weighted by Crippen LogP contribution is 2.48. The smallest absolute Gasteiger partial charge is 0.188 e. The summed E-state index contributed by atoms with van der Waals surface area (Å²) < 4.78 is 26.1. The van der Waals surface area contributed by atoms with Crippen molar-refractivity contribution in [2.45, 2.75) is 43.4 Å². The highest BCUT2D eigenvalue weighted by molar-refractivity contribution is 8.00. The topological polar surface area (TPSA) is 21.7 Å². The third-order valence-corrected chi connectivity index (χ3v) is 5.53. The number of thioether (sulfide) groups is 1. The fourth-order valence-electron chi connectivity index (χ4n) is 3.12. The summed E-state index contributed by atoms with van der Waals surface area (Å²) in [5.41, 5.74) is 1.63. The average Bonchev–Trinajstić information content (AvgIpc) is 2.98. The molecule has 0 spiro atoms. The summed E-state index contributed by atoms with van der Waals surface area (Å²) in [6.45, 7) is 6.15. The van der Waals surface area contributed by atoms with E-state index in [1.54, 1.807) is 17.8 Å². The van der Waals surface area contributed by atoms with E-state index in [0.29, 0.717) is 18.0 Å². The molecule has 0 fully saturated rings. The lowest BCUT2D eigenvalue weighted by Crippen LogP contribution is -2.22. The van der Waals surface area contributed by atoms with Gasteiger partial charge in [0.05, 0.1) is 23.4 Å². The van der Waals surface area contributed by atoms with E-state index >= 15 is 4.39 Å². The average molecular weight is 376 g/mol. The van der Waals surface area contributed by atoms with Crippen molar-refractivity contribution < 1.29 is 13.9 Å². The molecular formula is C21H26FNO2S. The summed E-state index contributed by atoms with van der Waals surface area (Å²) in [6, 6.07) is 13.5. The van der Waals surface area contributed by atoms with E-state index in [0.717, 1.165) is 38.2 Å². The molecule has 1 aliphatic heterocycles. The van der Waals surface area contributed by atoms with Gasteiger partial charge < -0.3 is 14.4 Å².